The molecule has 0 unspecified atom stereocenters. The van der Waals surface area contributed by atoms with Crippen LogP contribution in [-0.2, 0) is 16.4 Å². The zero-order valence-corrected chi connectivity index (χ0v) is 13.7. The van der Waals surface area contributed by atoms with Gasteiger partial charge < -0.3 is 0 Å². The summed E-state index contributed by atoms with van der Waals surface area (Å²) in [6.45, 7) is 2.17. The average molecular weight is 349 g/mol. The summed E-state index contributed by atoms with van der Waals surface area (Å²) in [6.07, 6.45) is 2.15. The first kappa shape index (κ1) is 16.4. The molecule has 4 nitrogen and oxygen atoms in total. The van der Waals surface area contributed by atoms with Gasteiger partial charge in [-0.05, 0) is 12.1 Å². The van der Waals surface area contributed by atoms with Crippen LogP contribution < -0.4 is 0 Å². The molecule has 1 aromatic heterocycles. The molecule has 0 amide bonds. The fourth-order valence-electron chi connectivity index (χ4n) is 1.90. The topological polar surface area (TPSA) is 50.3 Å². The van der Waals surface area contributed by atoms with E-state index in [2.05, 4.69) is 4.98 Å². The molecule has 1 aromatic carbocycles. The van der Waals surface area contributed by atoms with Gasteiger partial charge in [0.15, 0.2) is 0 Å². The summed E-state index contributed by atoms with van der Waals surface area (Å²) in [7, 11) is -3.96. The van der Waals surface area contributed by atoms with Crippen LogP contribution in [-0.4, -0.2) is 30.8 Å². The van der Waals surface area contributed by atoms with Crippen LogP contribution in [0.15, 0.2) is 34.7 Å². The van der Waals surface area contributed by atoms with E-state index in [-0.39, 0.29) is 18.1 Å². The van der Waals surface area contributed by atoms with E-state index in [0.29, 0.717) is 6.42 Å². The number of thiazole rings is 1. The minimum atomic E-state index is -3.96. The van der Waals surface area contributed by atoms with E-state index in [0.717, 1.165) is 11.1 Å². The summed E-state index contributed by atoms with van der Waals surface area (Å²) in [5.74, 6) is -0.838. The van der Waals surface area contributed by atoms with Crippen molar-refractivity contribution in [3.8, 4) is 0 Å². The van der Waals surface area contributed by atoms with E-state index in [1.54, 1.807) is 13.1 Å². The second-order valence-electron chi connectivity index (χ2n) is 4.22. The van der Waals surface area contributed by atoms with Gasteiger partial charge in [-0.25, -0.2) is 17.8 Å². The Kier molecular flexibility index (Phi) is 5.32. The van der Waals surface area contributed by atoms with E-state index in [1.165, 1.54) is 27.8 Å². The Morgan fingerprint density at radius 2 is 2.19 bits per heavy atom. The largest absolute Gasteiger partial charge is 0.250 e. The lowest BCUT2D eigenvalue weighted by atomic mass is 10.3. The number of hydrogen-bond acceptors (Lipinski definition) is 4. The summed E-state index contributed by atoms with van der Waals surface area (Å²) >= 11 is 7.31. The van der Waals surface area contributed by atoms with Gasteiger partial charge in [-0.2, -0.15) is 4.31 Å². The predicted molar refractivity (Wildman–Crippen MR) is 81.7 cm³/mol. The molecule has 0 atom stereocenters. The number of benzene rings is 1. The van der Waals surface area contributed by atoms with Crippen molar-refractivity contribution < 1.29 is 12.8 Å². The third kappa shape index (κ3) is 3.60. The van der Waals surface area contributed by atoms with Gasteiger partial charge in [-0.3, -0.25) is 0 Å². The number of likely N-dealkylation sites (N-methyl/N-ethyl adjacent to an activating group) is 1. The van der Waals surface area contributed by atoms with Crippen molar-refractivity contribution in [3.63, 3.8) is 0 Å². The molecule has 0 saturated heterocycles. The van der Waals surface area contributed by atoms with Crippen LogP contribution in [0, 0.1) is 5.82 Å². The number of sulfonamides is 1. The Labute approximate surface area is 132 Å². The van der Waals surface area contributed by atoms with Crippen LogP contribution in [0.1, 0.15) is 11.9 Å². The summed E-state index contributed by atoms with van der Waals surface area (Å²) in [4.78, 5) is 3.64. The molecule has 8 heteroatoms. The van der Waals surface area contributed by atoms with Crippen molar-refractivity contribution in [3.05, 3.63) is 45.6 Å². The highest BCUT2D eigenvalue weighted by atomic mass is 35.5. The highest BCUT2D eigenvalue weighted by Crippen LogP contribution is 2.27. The highest BCUT2D eigenvalue weighted by Gasteiger charge is 2.28. The number of halogens is 2. The van der Waals surface area contributed by atoms with E-state index in [4.69, 9.17) is 11.6 Å². The van der Waals surface area contributed by atoms with Crippen molar-refractivity contribution in [1.82, 2.24) is 9.29 Å². The summed E-state index contributed by atoms with van der Waals surface area (Å²) < 4.78 is 40.2. The van der Waals surface area contributed by atoms with Crippen LogP contribution in [0.5, 0.6) is 0 Å². The highest BCUT2D eigenvalue weighted by molar-refractivity contribution is 7.89. The van der Waals surface area contributed by atoms with Crippen molar-refractivity contribution >= 4 is 33.0 Å². The fourth-order valence-corrected chi connectivity index (χ4v) is 4.53. The molecule has 114 valence electrons. The van der Waals surface area contributed by atoms with Crippen molar-refractivity contribution in [2.45, 2.75) is 18.2 Å². The summed E-state index contributed by atoms with van der Waals surface area (Å²) in [5, 5.41) is 2.55. The molecule has 0 aliphatic heterocycles. The van der Waals surface area contributed by atoms with E-state index in [9.17, 15) is 12.8 Å². The molecule has 0 spiro atoms. The molecule has 0 N–H and O–H groups in total. The van der Waals surface area contributed by atoms with Crippen molar-refractivity contribution in [1.29, 1.82) is 0 Å². The molecule has 1 heterocycles. The third-order valence-electron chi connectivity index (χ3n) is 2.93. The molecule has 0 bridgehead atoms. The lowest BCUT2D eigenvalue weighted by Gasteiger charge is -2.21. The normalized spacial score (nSPS) is 12.0. The van der Waals surface area contributed by atoms with Gasteiger partial charge in [-0.1, -0.05) is 24.6 Å². The van der Waals surface area contributed by atoms with Gasteiger partial charge in [0.05, 0.1) is 10.0 Å². The van der Waals surface area contributed by atoms with Gasteiger partial charge >= 0.3 is 0 Å². The zero-order chi connectivity index (χ0) is 15.5. The van der Waals surface area contributed by atoms with E-state index < -0.39 is 20.7 Å². The monoisotopic (exact) mass is 348 g/mol. The molecule has 0 saturated carbocycles. The molecule has 0 radical (unpaired) electrons. The van der Waals surface area contributed by atoms with Crippen LogP contribution in [0.4, 0.5) is 4.39 Å². The maximum atomic E-state index is 13.9. The van der Waals surface area contributed by atoms with Crippen LogP contribution >= 0.6 is 22.9 Å². The van der Waals surface area contributed by atoms with Gasteiger partial charge in [0.25, 0.3) is 0 Å². The van der Waals surface area contributed by atoms with Crippen molar-refractivity contribution in [2.75, 3.05) is 13.1 Å². The fraction of sp³-hybridized carbons (Fsp3) is 0.308. The standard InChI is InChI=1S/C13H14ClFN2O2S2/c1-2-17(8-6-12-16-7-9-20-12)21(18,19)13-10(14)4-3-5-11(13)15/h3-5,7,9H,2,6,8H2,1H3. The Bertz CT molecular complexity index is 685. The molecule has 2 aromatic rings. The molecular weight excluding hydrogens is 335 g/mol. The second-order valence-corrected chi connectivity index (χ2v) is 7.48. The molecule has 0 aliphatic rings. The lowest BCUT2D eigenvalue weighted by molar-refractivity contribution is 0.426. The van der Waals surface area contributed by atoms with E-state index >= 15 is 0 Å². The number of aromatic nitrogens is 1. The summed E-state index contributed by atoms with van der Waals surface area (Å²) in [5.41, 5.74) is 0. The Balaban J connectivity index is 2.27. The first-order valence-electron chi connectivity index (χ1n) is 6.29. The van der Waals surface area contributed by atoms with Gasteiger partial charge in [0.2, 0.25) is 10.0 Å². The smallest absolute Gasteiger partial charge is 0.247 e. The quantitative estimate of drug-likeness (QED) is 0.805. The number of hydrogen-bond donors (Lipinski definition) is 0. The summed E-state index contributed by atoms with van der Waals surface area (Å²) in [6, 6.07) is 3.84. The Hall–Kier alpha value is -1.02. The zero-order valence-electron chi connectivity index (χ0n) is 11.3. The first-order valence-corrected chi connectivity index (χ1v) is 8.99. The first-order chi connectivity index (χ1) is 9.96. The van der Waals surface area contributed by atoms with Gasteiger partial charge in [0.1, 0.15) is 10.7 Å². The molecular formula is C13H14ClFN2O2S2. The minimum Gasteiger partial charge on any atom is -0.250 e. The second kappa shape index (κ2) is 6.83. The number of rotatable bonds is 6. The Morgan fingerprint density at radius 1 is 1.43 bits per heavy atom. The van der Waals surface area contributed by atoms with Crippen LogP contribution in [0.3, 0.4) is 0 Å². The maximum Gasteiger partial charge on any atom is 0.247 e. The molecule has 0 fully saturated rings. The maximum absolute atomic E-state index is 13.9. The van der Waals surface area contributed by atoms with Gasteiger partial charge in [-0.15, -0.1) is 11.3 Å². The minimum absolute atomic E-state index is 0.109. The van der Waals surface area contributed by atoms with Gasteiger partial charge in [0, 0.05) is 31.1 Å². The predicted octanol–water partition coefficient (Wildman–Crippen LogP) is 3.19. The van der Waals surface area contributed by atoms with Crippen LogP contribution in [0.2, 0.25) is 5.02 Å². The van der Waals surface area contributed by atoms with Crippen molar-refractivity contribution in [2.24, 2.45) is 0 Å². The molecule has 2 rings (SSSR count). The third-order valence-corrected chi connectivity index (χ3v) is 6.25. The molecule has 21 heavy (non-hydrogen) atoms. The van der Waals surface area contributed by atoms with Crippen LogP contribution in [0.25, 0.3) is 0 Å². The Morgan fingerprint density at radius 3 is 2.76 bits per heavy atom. The lowest BCUT2D eigenvalue weighted by Crippen LogP contribution is -2.33. The molecule has 0 aliphatic carbocycles. The average Bonchev–Trinajstić information content (AvgIpc) is 2.91. The van der Waals surface area contributed by atoms with E-state index in [1.807, 2.05) is 5.38 Å². The number of nitrogens with zero attached hydrogens (tertiary/aromatic N) is 2. The SMILES string of the molecule is CCN(CCc1nccs1)S(=O)(=O)c1c(F)cccc1Cl.